The lowest BCUT2D eigenvalue weighted by molar-refractivity contribution is -0.119. The van der Waals surface area contributed by atoms with Crippen molar-refractivity contribution in [3.8, 4) is 0 Å². The van der Waals surface area contributed by atoms with Gasteiger partial charge in [0.15, 0.2) is 6.17 Å². The Kier molecular flexibility index (Phi) is 3.57. The van der Waals surface area contributed by atoms with Crippen LogP contribution >= 0.6 is 0 Å². The van der Waals surface area contributed by atoms with Crippen molar-refractivity contribution >= 4 is 17.3 Å². The number of hydrogen-bond donors (Lipinski definition) is 1. The van der Waals surface area contributed by atoms with E-state index in [-0.39, 0.29) is 5.91 Å². The van der Waals surface area contributed by atoms with E-state index in [1.165, 1.54) is 19.3 Å². The van der Waals surface area contributed by atoms with E-state index in [0.717, 1.165) is 29.8 Å². The van der Waals surface area contributed by atoms with E-state index >= 15 is 0 Å². The summed E-state index contributed by atoms with van der Waals surface area (Å²) in [4.78, 5) is 18.4. The molecule has 1 unspecified atom stereocenters. The van der Waals surface area contributed by atoms with Gasteiger partial charge >= 0.3 is 0 Å². The summed E-state index contributed by atoms with van der Waals surface area (Å²) in [6, 6.07) is 8.00. The molecule has 0 spiro atoms. The third-order valence-corrected chi connectivity index (χ3v) is 4.39. The summed E-state index contributed by atoms with van der Waals surface area (Å²) >= 11 is 0. The van der Waals surface area contributed by atoms with Crippen LogP contribution in [-0.2, 0) is 4.79 Å². The number of carbonyl (C=O) groups excluding carboxylic acids is 1. The molecule has 0 aromatic heterocycles. The quantitative estimate of drug-likeness (QED) is 0.852. The number of fused-ring (bicyclic) bond motifs is 1. The highest BCUT2D eigenvalue weighted by atomic mass is 16.2. The molecule has 1 aliphatic heterocycles. The molecule has 1 fully saturated rings. The van der Waals surface area contributed by atoms with Crippen LogP contribution in [0.25, 0.3) is 0 Å². The fraction of sp³-hybridized carbons (Fsp3) is 0.500. The van der Waals surface area contributed by atoms with Crippen LogP contribution in [0.4, 0.5) is 5.69 Å². The molecular weight excluding hydrogens is 250 g/mol. The number of aliphatic imine (C=N–C) groups is 1. The van der Waals surface area contributed by atoms with Crippen LogP contribution in [0.1, 0.15) is 37.7 Å². The van der Waals surface area contributed by atoms with Gasteiger partial charge in [-0.2, -0.15) is 0 Å². The highest BCUT2D eigenvalue weighted by Gasteiger charge is 2.30. The second-order valence-electron chi connectivity index (χ2n) is 5.71. The molecule has 1 aromatic carbocycles. The SMILES string of the molecule is CN1C(=O)C(N)N=C(C2CCCCC2)c2ccccc21. The highest BCUT2D eigenvalue weighted by molar-refractivity contribution is 6.13. The number of amides is 1. The van der Waals surface area contributed by atoms with Gasteiger partial charge in [0.25, 0.3) is 5.91 Å². The van der Waals surface area contributed by atoms with Gasteiger partial charge in [-0.25, -0.2) is 0 Å². The molecule has 1 aliphatic carbocycles. The van der Waals surface area contributed by atoms with Gasteiger partial charge in [0.1, 0.15) is 0 Å². The van der Waals surface area contributed by atoms with Crippen molar-refractivity contribution in [1.82, 2.24) is 0 Å². The number of hydrogen-bond acceptors (Lipinski definition) is 3. The Hall–Kier alpha value is -1.68. The summed E-state index contributed by atoms with van der Waals surface area (Å²) in [5.74, 6) is 0.304. The van der Waals surface area contributed by atoms with Gasteiger partial charge < -0.3 is 10.6 Å². The van der Waals surface area contributed by atoms with Crippen LogP contribution in [0.2, 0.25) is 0 Å². The molecule has 4 heteroatoms. The molecule has 0 saturated heterocycles. The number of likely N-dealkylation sites (N-methyl/N-ethyl adjacent to an activating group) is 1. The monoisotopic (exact) mass is 271 g/mol. The number of nitrogens with zero attached hydrogens (tertiary/aromatic N) is 2. The molecule has 4 nitrogen and oxygen atoms in total. The van der Waals surface area contributed by atoms with Crippen molar-refractivity contribution in [2.24, 2.45) is 16.6 Å². The first-order chi connectivity index (χ1) is 9.68. The van der Waals surface area contributed by atoms with E-state index in [1.54, 1.807) is 11.9 Å². The van der Waals surface area contributed by atoms with Gasteiger partial charge in [0.2, 0.25) is 0 Å². The molecule has 20 heavy (non-hydrogen) atoms. The maximum absolute atomic E-state index is 12.2. The number of anilines is 1. The van der Waals surface area contributed by atoms with E-state index in [9.17, 15) is 4.79 Å². The van der Waals surface area contributed by atoms with Gasteiger partial charge in [0.05, 0.1) is 5.69 Å². The van der Waals surface area contributed by atoms with Gasteiger partial charge in [-0.1, -0.05) is 37.5 Å². The maximum Gasteiger partial charge on any atom is 0.266 e. The van der Waals surface area contributed by atoms with Gasteiger partial charge in [-0.3, -0.25) is 9.79 Å². The first-order valence-electron chi connectivity index (χ1n) is 7.38. The predicted octanol–water partition coefficient (Wildman–Crippen LogP) is 2.32. The summed E-state index contributed by atoms with van der Waals surface area (Å²) in [5.41, 5.74) is 9.00. The number of para-hydroxylation sites is 1. The van der Waals surface area contributed by atoms with E-state index < -0.39 is 6.17 Å². The first-order valence-corrected chi connectivity index (χ1v) is 7.38. The molecule has 1 saturated carbocycles. The average Bonchev–Trinajstić information content (AvgIpc) is 2.60. The molecule has 2 N–H and O–H groups in total. The summed E-state index contributed by atoms with van der Waals surface area (Å²) in [6.07, 6.45) is 5.31. The van der Waals surface area contributed by atoms with Crippen molar-refractivity contribution < 1.29 is 4.79 Å². The maximum atomic E-state index is 12.2. The Balaban J connectivity index is 2.08. The van der Waals surface area contributed by atoms with Crippen LogP contribution in [0, 0.1) is 5.92 Å². The molecule has 1 atom stereocenters. The zero-order chi connectivity index (χ0) is 14.1. The number of carbonyl (C=O) groups is 1. The summed E-state index contributed by atoms with van der Waals surface area (Å²) < 4.78 is 0. The van der Waals surface area contributed by atoms with Crippen LogP contribution in [0.3, 0.4) is 0 Å². The molecular formula is C16H21N3O. The summed E-state index contributed by atoms with van der Waals surface area (Å²) in [5, 5.41) is 0. The Morgan fingerprint density at radius 3 is 2.65 bits per heavy atom. The van der Waals surface area contributed by atoms with Gasteiger partial charge in [-0.15, -0.1) is 0 Å². The lowest BCUT2D eigenvalue weighted by Crippen LogP contribution is -2.40. The van der Waals surface area contributed by atoms with E-state index in [0.29, 0.717) is 5.92 Å². The number of rotatable bonds is 1. The van der Waals surface area contributed by atoms with Crippen LogP contribution < -0.4 is 10.6 Å². The van der Waals surface area contributed by atoms with Crippen molar-refractivity contribution in [3.05, 3.63) is 29.8 Å². The molecule has 2 aliphatic rings. The topological polar surface area (TPSA) is 58.7 Å². The lowest BCUT2D eigenvalue weighted by atomic mass is 9.83. The zero-order valence-corrected chi connectivity index (χ0v) is 11.9. The predicted molar refractivity (Wildman–Crippen MR) is 80.9 cm³/mol. The fourth-order valence-electron chi connectivity index (χ4n) is 3.28. The Morgan fingerprint density at radius 2 is 1.90 bits per heavy atom. The minimum atomic E-state index is -0.774. The Labute approximate surface area is 119 Å². The van der Waals surface area contributed by atoms with E-state index in [1.807, 2.05) is 18.2 Å². The fourth-order valence-corrected chi connectivity index (χ4v) is 3.28. The van der Waals surface area contributed by atoms with Crippen molar-refractivity contribution in [3.63, 3.8) is 0 Å². The molecule has 1 heterocycles. The molecule has 1 aromatic rings. The van der Waals surface area contributed by atoms with Crippen LogP contribution in [-0.4, -0.2) is 24.8 Å². The van der Waals surface area contributed by atoms with E-state index in [4.69, 9.17) is 5.73 Å². The van der Waals surface area contributed by atoms with E-state index in [2.05, 4.69) is 11.1 Å². The Bertz CT molecular complexity index is 546. The minimum absolute atomic E-state index is 0.136. The normalized spacial score (nSPS) is 24.1. The third kappa shape index (κ3) is 2.24. The first kappa shape index (κ1) is 13.3. The molecule has 0 radical (unpaired) electrons. The second kappa shape index (κ2) is 5.37. The van der Waals surface area contributed by atoms with Crippen LogP contribution in [0.15, 0.2) is 29.3 Å². The zero-order valence-electron chi connectivity index (χ0n) is 11.9. The summed E-state index contributed by atoms with van der Waals surface area (Å²) in [6.45, 7) is 0. The van der Waals surface area contributed by atoms with Gasteiger partial charge in [0, 0.05) is 24.2 Å². The second-order valence-corrected chi connectivity index (χ2v) is 5.71. The molecule has 0 bridgehead atoms. The summed E-state index contributed by atoms with van der Waals surface area (Å²) in [7, 11) is 1.78. The molecule has 3 rings (SSSR count). The van der Waals surface area contributed by atoms with Crippen molar-refractivity contribution in [1.29, 1.82) is 0 Å². The van der Waals surface area contributed by atoms with Crippen LogP contribution in [0.5, 0.6) is 0 Å². The standard InChI is InChI=1S/C16H21N3O/c1-19-13-10-6-5-9-12(13)14(18-15(17)16(19)20)11-7-3-2-4-8-11/h5-6,9-11,15H,2-4,7-8,17H2,1H3. The number of nitrogens with two attached hydrogens (primary N) is 1. The Morgan fingerprint density at radius 1 is 1.20 bits per heavy atom. The van der Waals surface area contributed by atoms with Gasteiger partial charge in [-0.05, 0) is 18.9 Å². The largest absolute Gasteiger partial charge is 0.312 e. The minimum Gasteiger partial charge on any atom is -0.312 e. The van der Waals surface area contributed by atoms with Crippen molar-refractivity contribution in [2.45, 2.75) is 38.3 Å². The lowest BCUT2D eigenvalue weighted by Gasteiger charge is -2.24. The average molecular weight is 271 g/mol. The van der Waals surface area contributed by atoms with Crippen molar-refractivity contribution in [2.75, 3.05) is 11.9 Å². The smallest absolute Gasteiger partial charge is 0.266 e. The highest BCUT2D eigenvalue weighted by Crippen LogP contribution is 2.32. The number of benzene rings is 1. The third-order valence-electron chi connectivity index (χ3n) is 4.39. The molecule has 106 valence electrons. The number of benzodiazepines with no additional fused rings is 1. The molecule has 1 amide bonds.